The minimum Gasteiger partial charge on any atom is -0.351 e. The lowest BCUT2D eigenvalue weighted by Gasteiger charge is -2.26. The van der Waals surface area contributed by atoms with Crippen LogP contribution in [0.15, 0.2) is 36.7 Å². The first-order valence-corrected chi connectivity index (χ1v) is 9.07. The van der Waals surface area contributed by atoms with Crippen LogP contribution in [0.2, 0.25) is 0 Å². The topological polar surface area (TPSA) is 91.6 Å². The molecule has 1 fully saturated rings. The molecule has 3 aromatic rings. The van der Waals surface area contributed by atoms with Crippen LogP contribution in [-0.4, -0.2) is 40.0 Å². The molecule has 1 aliphatic rings. The summed E-state index contributed by atoms with van der Waals surface area (Å²) < 4.78 is 29.5. The Hall–Kier alpha value is -3.56. The first kappa shape index (κ1) is 18.8. The normalized spacial score (nSPS) is 16.2. The summed E-state index contributed by atoms with van der Waals surface area (Å²) in [6, 6.07) is 4.80. The summed E-state index contributed by atoms with van der Waals surface area (Å²) in [5.74, 6) is -2.05. The van der Waals surface area contributed by atoms with Crippen molar-refractivity contribution < 1.29 is 18.4 Å². The van der Waals surface area contributed by atoms with E-state index in [2.05, 4.69) is 20.7 Å². The number of anilines is 2. The average molecular weight is 400 g/mol. The zero-order valence-corrected chi connectivity index (χ0v) is 15.5. The molecule has 10 heteroatoms. The summed E-state index contributed by atoms with van der Waals surface area (Å²) in [6.07, 6.45) is 4.50. The number of rotatable bonds is 3. The SMILES string of the molecule is CNC(=O)C(=O)Nc1cnn2ccc(N3CCCC3c3cc(F)ccc3F)nc12. The zero-order valence-electron chi connectivity index (χ0n) is 15.5. The molecule has 1 aliphatic heterocycles. The molecule has 0 spiro atoms. The summed E-state index contributed by atoms with van der Waals surface area (Å²) >= 11 is 0. The Morgan fingerprint density at radius 1 is 1.21 bits per heavy atom. The molecule has 0 saturated carbocycles. The van der Waals surface area contributed by atoms with E-state index in [9.17, 15) is 18.4 Å². The Labute approximate surface area is 164 Å². The maximum atomic E-state index is 14.3. The van der Waals surface area contributed by atoms with Gasteiger partial charge in [0.05, 0.1) is 12.2 Å². The number of aromatic nitrogens is 3. The fraction of sp³-hybridized carbons (Fsp3) is 0.263. The van der Waals surface area contributed by atoms with Crippen LogP contribution < -0.4 is 15.5 Å². The van der Waals surface area contributed by atoms with Crippen molar-refractivity contribution in [2.45, 2.75) is 18.9 Å². The van der Waals surface area contributed by atoms with Gasteiger partial charge in [-0.05, 0) is 37.1 Å². The van der Waals surface area contributed by atoms with Crippen LogP contribution in [0.1, 0.15) is 24.4 Å². The smallest absolute Gasteiger partial charge is 0.313 e. The highest BCUT2D eigenvalue weighted by Gasteiger charge is 2.30. The molecule has 1 atom stereocenters. The van der Waals surface area contributed by atoms with Gasteiger partial charge < -0.3 is 15.5 Å². The maximum absolute atomic E-state index is 14.3. The number of nitrogens with zero attached hydrogens (tertiary/aromatic N) is 4. The molecule has 1 unspecified atom stereocenters. The second-order valence-corrected chi connectivity index (χ2v) is 6.66. The summed E-state index contributed by atoms with van der Waals surface area (Å²) in [4.78, 5) is 29.8. The first-order valence-electron chi connectivity index (χ1n) is 9.07. The quantitative estimate of drug-likeness (QED) is 0.657. The molecule has 1 saturated heterocycles. The van der Waals surface area contributed by atoms with E-state index in [1.165, 1.54) is 23.8 Å². The fourth-order valence-electron chi connectivity index (χ4n) is 3.53. The Bertz CT molecular complexity index is 1100. The van der Waals surface area contributed by atoms with Crippen molar-refractivity contribution in [2.75, 3.05) is 23.8 Å². The molecule has 8 nitrogen and oxygen atoms in total. The molecule has 3 heterocycles. The predicted octanol–water partition coefficient (Wildman–Crippen LogP) is 2.03. The van der Waals surface area contributed by atoms with Gasteiger partial charge in [-0.2, -0.15) is 5.10 Å². The molecule has 4 rings (SSSR count). The lowest BCUT2D eigenvalue weighted by atomic mass is 10.0. The number of carbonyl (C=O) groups is 2. The minimum absolute atomic E-state index is 0.271. The summed E-state index contributed by atoms with van der Waals surface area (Å²) in [6.45, 7) is 0.623. The summed E-state index contributed by atoms with van der Waals surface area (Å²) in [5, 5.41) is 8.82. The molecule has 2 aromatic heterocycles. The highest BCUT2D eigenvalue weighted by Crippen LogP contribution is 2.37. The van der Waals surface area contributed by atoms with Crippen molar-refractivity contribution in [3.8, 4) is 0 Å². The second kappa shape index (κ2) is 7.46. The zero-order chi connectivity index (χ0) is 20.5. The standard InChI is InChI=1S/C19H18F2N6O2/c1-22-18(28)19(29)24-14-10-23-27-8-6-16(25-17(14)27)26-7-2-3-15(26)12-9-11(20)4-5-13(12)21/h4-6,8-10,15H,2-3,7H2,1H3,(H,22,28)(H,24,29). The number of amides is 2. The molecule has 29 heavy (non-hydrogen) atoms. The molecule has 0 radical (unpaired) electrons. The number of halogens is 2. The van der Waals surface area contributed by atoms with E-state index in [4.69, 9.17) is 0 Å². The third kappa shape index (κ3) is 3.48. The highest BCUT2D eigenvalue weighted by molar-refractivity contribution is 6.39. The van der Waals surface area contributed by atoms with Crippen LogP contribution in [0.4, 0.5) is 20.3 Å². The molecule has 1 aromatic carbocycles. The molecular weight excluding hydrogens is 382 g/mol. The van der Waals surface area contributed by atoms with Gasteiger partial charge in [0.2, 0.25) is 0 Å². The van der Waals surface area contributed by atoms with E-state index in [0.29, 0.717) is 24.4 Å². The van der Waals surface area contributed by atoms with E-state index in [1.54, 1.807) is 12.3 Å². The monoisotopic (exact) mass is 400 g/mol. The highest BCUT2D eigenvalue weighted by atomic mass is 19.1. The molecule has 0 bridgehead atoms. The van der Waals surface area contributed by atoms with E-state index in [1.807, 2.05) is 4.90 Å². The van der Waals surface area contributed by atoms with E-state index < -0.39 is 23.4 Å². The van der Waals surface area contributed by atoms with Gasteiger partial charge >= 0.3 is 11.8 Å². The lowest BCUT2D eigenvalue weighted by Crippen LogP contribution is -2.32. The molecule has 2 amide bonds. The van der Waals surface area contributed by atoms with Crippen molar-refractivity contribution in [1.29, 1.82) is 0 Å². The number of fused-ring (bicyclic) bond motifs is 1. The van der Waals surface area contributed by atoms with E-state index in [-0.39, 0.29) is 17.3 Å². The number of benzene rings is 1. The van der Waals surface area contributed by atoms with Gasteiger partial charge in [0.1, 0.15) is 23.1 Å². The van der Waals surface area contributed by atoms with Gasteiger partial charge in [-0.3, -0.25) is 9.59 Å². The Morgan fingerprint density at radius 3 is 2.83 bits per heavy atom. The average Bonchev–Trinajstić information content (AvgIpc) is 3.36. The van der Waals surface area contributed by atoms with E-state index >= 15 is 0 Å². The second-order valence-electron chi connectivity index (χ2n) is 6.66. The Kier molecular flexibility index (Phi) is 4.83. The third-order valence-corrected chi connectivity index (χ3v) is 4.90. The van der Waals surface area contributed by atoms with Gasteiger partial charge in [0.15, 0.2) is 5.65 Å². The fourth-order valence-corrected chi connectivity index (χ4v) is 3.53. The van der Waals surface area contributed by atoms with Crippen molar-refractivity contribution >= 4 is 29.0 Å². The van der Waals surface area contributed by atoms with Crippen LogP contribution in [0.5, 0.6) is 0 Å². The summed E-state index contributed by atoms with van der Waals surface area (Å²) in [5.41, 5.74) is 0.893. The van der Waals surface area contributed by atoms with Gasteiger partial charge in [0, 0.05) is 25.4 Å². The molecule has 2 N–H and O–H groups in total. The van der Waals surface area contributed by atoms with Crippen molar-refractivity contribution in [1.82, 2.24) is 19.9 Å². The van der Waals surface area contributed by atoms with Crippen LogP contribution >= 0.6 is 0 Å². The minimum atomic E-state index is -0.838. The largest absolute Gasteiger partial charge is 0.351 e. The number of carbonyl (C=O) groups excluding carboxylic acids is 2. The Balaban J connectivity index is 1.68. The number of hydrogen-bond acceptors (Lipinski definition) is 5. The van der Waals surface area contributed by atoms with E-state index in [0.717, 1.165) is 18.6 Å². The third-order valence-electron chi connectivity index (χ3n) is 4.90. The van der Waals surface area contributed by atoms with Gasteiger partial charge in [-0.15, -0.1) is 0 Å². The van der Waals surface area contributed by atoms with Crippen molar-refractivity contribution in [3.63, 3.8) is 0 Å². The number of nitrogens with one attached hydrogen (secondary N) is 2. The molecule has 0 aliphatic carbocycles. The number of likely N-dealkylation sites (N-methyl/N-ethyl adjacent to an activating group) is 1. The van der Waals surface area contributed by atoms with Crippen LogP contribution in [0.25, 0.3) is 5.65 Å². The Morgan fingerprint density at radius 2 is 2.03 bits per heavy atom. The summed E-state index contributed by atoms with van der Waals surface area (Å²) in [7, 11) is 1.35. The van der Waals surface area contributed by atoms with Crippen LogP contribution in [0, 0.1) is 11.6 Å². The van der Waals surface area contributed by atoms with Gasteiger partial charge in [-0.1, -0.05) is 0 Å². The lowest BCUT2D eigenvalue weighted by molar-refractivity contribution is -0.135. The predicted molar refractivity (Wildman–Crippen MR) is 101 cm³/mol. The number of hydrogen-bond donors (Lipinski definition) is 2. The molecule has 150 valence electrons. The van der Waals surface area contributed by atoms with Crippen LogP contribution in [0.3, 0.4) is 0 Å². The maximum Gasteiger partial charge on any atom is 0.313 e. The van der Waals surface area contributed by atoms with Gasteiger partial charge in [-0.25, -0.2) is 18.3 Å². The molecular formula is C19H18F2N6O2. The van der Waals surface area contributed by atoms with Crippen LogP contribution in [-0.2, 0) is 9.59 Å². The van der Waals surface area contributed by atoms with Crippen molar-refractivity contribution in [2.24, 2.45) is 0 Å². The van der Waals surface area contributed by atoms with Gasteiger partial charge in [0.25, 0.3) is 0 Å². The van der Waals surface area contributed by atoms with Crippen molar-refractivity contribution in [3.05, 3.63) is 53.9 Å². The first-order chi connectivity index (χ1) is 14.0.